The summed E-state index contributed by atoms with van der Waals surface area (Å²) in [6.07, 6.45) is 0. The van der Waals surface area contributed by atoms with E-state index in [-0.39, 0.29) is 6.03 Å². The molecule has 2 aromatic carbocycles. The number of carbonyl (C=O) groups excluding carboxylic acids is 1. The first-order chi connectivity index (χ1) is 15.0. The van der Waals surface area contributed by atoms with Crippen molar-refractivity contribution in [3.8, 4) is 11.4 Å². The monoisotopic (exact) mass is 415 g/mol. The molecule has 4 rings (SSSR count). The van der Waals surface area contributed by atoms with E-state index in [9.17, 15) is 4.79 Å². The number of aryl methyl sites for hydroxylation is 1. The number of hydrogen-bond donors (Lipinski definition) is 1. The largest absolute Gasteiger partial charge is 0.353 e. The molecule has 6 heteroatoms. The number of hydrogen-bond acceptors (Lipinski definition) is 4. The van der Waals surface area contributed by atoms with Crippen molar-refractivity contribution in [3.05, 3.63) is 71.9 Å². The van der Waals surface area contributed by atoms with Gasteiger partial charge in [-0.3, -0.25) is 0 Å². The van der Waals surface area contributed by atoms with Crippen LogP contribution in [0.1, 0.15) is 31.0 Å². The van der Waals surface area contributed by atoms with E-state index >= 15 is 0 Å². The van der Waals surface area contributed by atoms with Gasteiger partial charge in [0.25, 0.3) is 0 Å². The van der Waals surface area contributed by atoms with Crippen LogP contribution < -0.4 is 10.2 Å². The van der Waals surface area contributed by atoms with Crippen LogP contribution in [0.3, 0.4) is 0 Å². The maximum absolute atomic E-state index is 12.6. The molecule has 1 fully saturated rings. The Hall–Kier alpha value is -3.41. The van der Waals surface area contributed by atoms with Crippen LogP contribution in [-0.2, 0) is 0 Å². The number of amides is 2. The number of nitrogens with one attached hydrogen (secondary N) is 1. The fourth-order valence-electron chi connectivity index (χ4n) is 4.05. The highest BCUT2D eigenvalue weighted by Crippen LogP contribution is 2.31. The Balaban J connectivity index is 1.53. The molecule has 0 saturated carbocycles. The molecular formula is C25H29N5O. The molecule has 0 unspecified atom stereocenters. The predicted octanol–water partition coefficient (Wildman–Crippen LogP) is 4.93. The second-order valence-electron chi connectivity index (χ2n) is 8.16. The summed E-state index contributed by atoms with van der Waals surface area (Å²) in [5, 5.41) is 2.98. The number of carbonyl (C=O) groups is 1. The van der Waals surface area contributed by atoms with Crippen LogP contribution >= 0.6 is 0 Å². The van der Waals surface area contributed by atoms with Gasteiger partial charge >= 0.3 is 6.03 Å². The highest BCUT2D eigenvalue weighted by Gasteiger charge is 2.26. The summed E-state index contributed by atoms with van der Waals surface area (Å²) >= 11 is 0. The van der Waals surface area contributed by atoms with Gasteiger partial charge in [-0.2, -0.15) is 0 Å². The van der Waals surface area contributed by atoms with Crippen LogP contribution in [0.5, 0.6) is 0 Å². The number of piperazine rings is 1. The van der Waals surface area contributed by atoms with E-state index < -0.39 is 0 Å². The molecule has 0 aliphatic carbocycles. The minimum Gasteiger partial charge on any atom is -0.353 e. The number of benzene rings is 2. The number of nitrogens with zero attached hydrogens (tertiary/aromatic N) is 4. The van der Waals surface area contributed by atoms with E-state index in [1.54, 1.807) is 0 Å². The van der Waals surface area contributed by atoms with E-state index in [0.29, 0.717) is 19.0 Å². The number of para-hydroxylation sites is 1. The summed E-state index contributed by atoms with van der Waals surface area (Å²) in [5.41, 5.74) is 4.03. The van der Waals surface area contributed by atoms with E-state index in [1.165, 1.54) is 5.56 Å². The van der Waals surface area contributed by atoms with Crippen molar-refractivity contribution in [2.45, 2.75) is 26.7 Å². The number of urea groups is 1. The van der Waals surface area contributed by atoms with Gasteiger partial charge in [-0.1, -0.05) is 62.4 Å². The third-order valence-electron chi connectivity index (χ3n) is 5.62. The summed E-state index contributed by atoms with van der Waals surface area (Å²) in [4.78, 5) is 26.6. The lowest BCUT2D eigenvalue weighted by molar-refractivity contribution is 0.208. The molecule has 1 aliphatic rings. The molecule has 1 saturated heterocycles. The zero-order chi connectivity index (χ0) is 21.8. The maximum atomic E-state index is 12.6. The Bertz CT molecular complexity index is 1030. The Kier molecular flexibility index (Phi) is 6.16. The summed E-state index contributed by atoms with van der Waals surface area (Å²) in [6.45, 7) is 9.22. The van der Waals surface area contributed by atoms with Crippen LogP contribution in [0.2, 0.25) is 0 Å². The van der Waals surface area contributed by atoms with Crippen molar-refractivity contribution in [1.29, 1.82) is 0 Å². The van der Waals surface area contributed by atoms with Crippen LogP contribution in [0.15, 0.2) is 60.7 Å². The lowest BCUT2D eigenvalue weighted by Crippen LogP contribution is -2.50. The quantitative estimate of drug-likeness (QED) is 0.656. The van der Waals surface area contributed by atoms with Crippen LogP contribution in [0.25, 0.3) is 11.4 Å². The van der Waals surface area contributed by atoms with Gasteiger partial charge in [0.2, 0.25) is 0 Å². The average Bonchev–Trinajstić information content (AvgIpc) is 2.79. The highest BCUT2D eigenvalue weighted by atomic mass is 16.2. The molecule has 1 aromatic heterocycles. The number of rotatable bonds is 4. The summed E-state index contributed by atoms with van der Waals surface area (Å²) < 4.78 is 0. The van der Waals surface area contributed by atoms with Crippen molar-refractivity contribution >= 4 is 17.5 Å². The van der Waals surface area contributed by atoms with Crippen LogP contribution in [0, 0.1) is 6.92 Å². The molecular weight excluding hydrogens is 386 g/mol. The molecule has 0 spiro atoms. The second-order valence-corrected chi connectivity index (χ2v) is 8.16. The standard InChI is InChI=1S/C25H29N5O/c1-18(2)22-19(3)26-23(20-10-6-4-7-11-20)28-24(22)29-14-16-30(17-15-29)25(31)27-21-12-8-5-9-13-21/h4-13,18H,14-17H2,1-3H3,(H,27,31). The van der Waals surface area contributed by atoms with Crippen molar-refractivity contribution in [2.75, 3.05) is 36.4 Å². The minimum atomic E-state index is -0.0567. The first-order valence-electron chi connectivity index (χ1n) is 10.8. The minimum absolute atomic E-state index is 0.0567. The van der Waals surface area contributed by atoms with Gasteiger partial charge in [-0.05, 0) is 25.0 Å². The third-order valence-corrected chi connectivity index (χ3v) is 5.62. The Morgan fingerprint density at radius 1 is 0.903 bits per heavy atom. The molecule has 3 aromatic rings. The zero-order valence-electron chi connectivity index (χ0n) is 18.4. The molecule has 31 heavy (non-hydrogen) atoms. The number of aromatic nitrogens is 2. The molecule has 0 atom stereocenters. The second kappa shape index (κ2) is 9.16. The molecule has 2 amide bonds. The van der Waals surface area contributed by atoms with Crippen molar-refractivity contribution < 1.29 is 4.79 Å². The molecule has 6 nitrogen and oxygen atoms in total. The smallest absolute Gasteiger partial charge is 0.321 e. The highest BCUT2D eigenvalue weighted by molar-refractivity contribution is 5.89. The number of anilines is 2. The SMILES string of the molecule is Cc1nc(-c2ccccc2)nc(N2CCN(C(=O)Nc3ccccc3)CC2)c1C(C)C. The molecule has 1 aliphatic heterocycles. The van der Waals surface area contributed by atoms with Gasteiger partial charge in [-0.25, -0.2) is 14.8 Å². The van der Waals surface area contributed by atoms with E-state index in [4.69, 9.17) is 9.97 Å². The Labute approximate surface area is 183 Å². The molecule has 1 N–H and O–H groups in total. The lowest BCUT2D eigenvalue weighted by atomic mass is 10.0. The van der Waals surface area contributed by atoms with Gasteiger partial charge in [0.1, 0.15) is 5.82 Å². The van der Waals surface area contributed by atoms with Gasteiger partial charge in [0.05, 0.1) is 0 Å². The first kappa shape index (κ1) is 20.8. The van der Waals surface area contributed by atoms with Crippen molar-refractivity contribution in [1.82, 2.24) is 14.9 Å². The molecule has 0 bridgehead atoms. The summed E-state index contributed by atoms with van der Waals surface area (Å²) in [6, 6.07) is 19.6. The summed E-state index contributed by atoms with van der Waals surface area (Å²) in [7, 11) is 0. The van der Waals surface area contributed by atoms with Crippen molar-refractivity contribution in [3.63, 3.8) is 0 Å². The fourth-order valence-corrected chi connectivity index (χ4v) is 4.05. The van der Waals surface area contributed by atoms with Gasteiger partial charge < -0.3 is 15.1 Å². The van der Waals surface area contributed by atoms with Gasteiger partial charge in [-0.15, -0.1) is 0 Å². The van der Waals surface area contributed by atoms with E-state index in [0.717, 1.165) is 41.7 Å². The zero-order valence-corrected chi connectivity index (χ0v) is 18.4. The normalized spacial score (nSPS) is 14.1. The Morgan fingerprint density at radius 3 is 2.13 bits per heavy atom. The van der Waals surface area contributed by atoms with Gasteiger partial charge in [0, 0.05) is 48.7 Å². The van der Waals surface area contributed by atoms with E-state index in [1.807, 2.05) is 65.6 Å². The average molecular weight is 416 g/mol. The maximum Gasteiger partial charge on any atom is 0.321 e. The van der Waals surface area contributed by atoms with E-state index in [2.05, 4.69) is 31.0 Å². The van der Waals surface area contributed by atoms with Gasteiger partial charge in [0.15, 0.2) is 5.82 Å². The predicted molar refractivity (Wildman–Crippen MR) is 126 cm³/mol. The van der Waals surface area contributed by atoms with Crippen molar-refractivity contribution in [2.24, 2.45) is 0 Å². The third kappa shape index (κ3) is 4.68. The molecule has 160 valence electrons. The molecule has 0 radical (unpaired) electrons. The Morgan fingerprint density at radius 2 is 1.52 bits per heavy atom. The first-order valence-corrected chi connectivity index (χ1v) is 10.8. The lowest BCUT2D eigenvalue weighted by Gasteiger charge is -2.37. The summed E-state index contributed by atoms with van der Waals surface area (Å²) in [5.74, 6) is 2.06. The fraction of sp³-hybridized carbons (Fsp3) is 0.320. The van der Waals surface area contributed by atoms with Crippen LogP contribution in [-0.4, -0.2) is 47.1 Å². The van der Waals surface area contributed by atoms with Crippen LogP contribution in [0.4, 0.5) is 16.3 Å². The topological polar surface area (TPSA) is 61.4 Å². The molecule has 2 heterocycles.